The highest BCUT2D eigenvalue weighted by molar-refractivity contribution is 7.89. The Hall–Kier alpha value is -2.81. The number of aromatic nitrogens is 1. The minimum absolute atomic E-state index is 0.0468. The molecule has 0 radical (unpaired) electrons. The van der Waals surface area contributed by atoms with E-state index >= 15 is 0 Å². The molecule has 0 unspecified atom stereocenters. The third-order valence-electron chi connectivity index (χ3n) is 4.98. The molecular formula is C23H21ClN2O4S2. The van der Waals surface area contributed by atoms with Gasteiger partial charge < -0.3 is 15.0 Å². The molecule has 0 aliphatic carbocycles. The maximum Gasteiger partial charge on any atom is 0.262 e. The molecule has 0 aliphatic heterocycles. The summed E-state index contributed by atoms with van der Waals surface area (Å²) in [5.74, 6) is -0.259. The highest BCUT2D eigenvalue weighted by Gasteiger charge is 2.21. The number of hydrogen-bond donors (Lipinski definition) is 1. The standard InChI is InChI=1S/C23H21ClN2O4S2/c1-14(17-5-3-4-6-18(17)24)30-20-12-21(31-22(20)23(25)27)26-10-9-16-8-7-15(11-19(16)26)13-32(2,28)29/h3-12,14H,13H2,1-2H3,(H2,25,27)/t14-/m1/s1. The van der Waals surface area contributed by atoms with E-state index in [0.29, 0.717) is 21.2 Å². The second-order valence-electron chi connectivity index (χ2n) is 7.57. The van der Waals surface area contributed by atoms with Gasteiger partial charge in [-0.3, -0.25) is 4.79 Å². The first kappa shape index (κ1) is 22.4. The summed E-state index contributed by atoms with van der Waals surface area (Å²) in [7, 11) is -3.16. The number of ether oxygens (including phenoxy) is 1. The molecule has 2 aromatic carbocycles. The first-order chi connectivity index (χ1) is 15.1. The van der Waals surface area contributed by atoms with Crippen LogP contribution in [-0.2, 0) is 15.6 Å². The van der Waals surface area contributed by atoms with E-state index in [9.17, 15) is 13.2 Å². The molecule has 4 aromatic rings. The molecule has 0 bridgehead atoms. The lowest BCUT2D eigenvalue weighted by molar-refractivity contribution is 0.0998. The molecule has 9 heteroatoms. The average molecular weight is 489 g/mol. The second-order valence-corrected chi connectivity index (χ2v) is 11.2. The van der Waals surface area contributed by atoms with Gasteiger partial charge in [-0.15, -0.1) is 11.3 Å². The molecule has 0 fully saturated rings. The fourth-order valence-corrected chi connectivity index (χ4v) is 5.57. The lowest BCUT2D eigenvalue weighted by Gasteiger charge is -2.16. The number of hydrogen-bond acceptors (Lipinski definition) is 5. The Morgan fingerprint density at radius 2 is 1.94 bits per heavy atom. The highest BCUT2D eigenvalue weighted by Crippen LogP contribution is 2.37. The molecule has 2 aromatic heterocycles. The maximum absolute atomic E-state index is 12.1. The van der Waals surface area contributed by atoms with Crippen molar-refractivity contribution in [2.75, 3.05) is 6.26 Å². The van der Waals surface area contributed by atoms with Crippen LogP contribution in [0.2, 0.25) is 5.02 Å². The zero-order valence-electron chi connectivity index (χ0n) is 17.4. The normalized spacial score (nSPS) is 12.7. The predicted molar refractivity (Wildman–Crippen MR) is 129 cm³/mol. The Morgan fingerprint density at radius 3 is 2.62 bits per heavy atom. The topological polar surface area (TPSA) is 91.4 Å². The molecule has 6 nitrogen and oxygen atoms in total. The zero-order valence-corrected chi connectivity index (χ0v) is 19.8. The molecule has 0 aliphatic rings. The van der Waals surface area contributed by atoms with Gasteiger partial charge in [0.05, 0.1) is 11.3 Å². The Morgan fingerprint density at radius 1 is 1.19 bits per heavy atom. The van der Waals surface area contributed by atoms with E-state index in [0.717, 1.165) is 21.5 Å². The highest BCUT2D eigenvalue weighted by atomic mass is 35.5. The summed E-state index contributed by atoms with van der Waals surface area (Å²) < 4.78 is 31.4. The maximum atomic E-state index is 12.1. The van der Waals surface area contributed by atoms with E-state index in [4.69, 9.17) is 22.1 Å². The van der Waals surface area contributed by atoms with Gasteiger partial charge in [-0.2, -0.15) is 0 Å². The summed E-state index contributed by atoms with van der Waals surface area (Å²) >= 11 is 7.50. The van der Waals surface area contributed by atoms with Crippen molar-refractivity contribution < 1.29 is 17.9 Å². The van der Waals surface area contributed by atoms with Crippen molar-refractivity contribution in [2.45, 2.75) is 18.8 Å². The number of rotatable bonds is 7. The van der Waals surface area contributed by atoms with Gasteiger partial charge >= 0.3 is 0 Å². The van der Waals surface area contributed by atoms with Crippen molar-refractivity contribution >= 4 is 49.6 Å². The summed E-state index contributed by atoms with van der Waals surface area (Å²) in [4.78, 5) is 12.4. The number of nitrogens with two attached hydrogens (primary N) is 1. The van der Waals surface area contributed by atoms with Crippen molar-refractivity contribution in [3.63, 3.8) is 0 Å². The van der Waals surface area contributed by atoms with Crippen molar-refractivity contribution in [2.24, 2.45) is 5.73 Å². The third kappa shape index (κ3) is 4.67. The van der Waals surface area contributed by atoms with Gasteiger partial charge in [0.2, 0.25) is 0 Å². The van der Waals surface area contributed by atoms with Gasteiger partial charge in [0.15, 0.2) is 9.84 Å². The number of benzene rings is 2. The monoisotopic (exact) mass is 488 g/mol. The van der Waals surface area contributed by atoms with Crippen molar-refractivity contribution in [1.29, 1.82) is 0 Å². The molecule has 0 spiro atoms. The van der Waals surface area contributed by atoms with Crippen molar-refractivity contribution in [1.82, 2.24) is 4.57 Å². The molecule has 32 heavy (non-hydrogen) atoms. The van der Waals surface area contributed by atoms with Crippen molar-refractivity contribution in [3.8, 4) is 10.8 Å². The Labute approximate surface area is 195 Å². The number of fused-ring (bicyclic) bond motifs is 1. The second kappa shape index (κ2) is 8.61. The number of amides is 1. The quantitative estimate of drug-likeness (QED) is 0.390. The van der Waals surface area contributed by atoms with Gasteiger partial charge in [0, 0.05) is 29.1 Å². The van der Waals surface area contributed by atoms with Gasteiger partial charge in [-0.1, -0.05) is 41.9 Å². The smallest absolute Gasteiger partial charge is 0.262 e. The first-order valence-electron chi connectivity index (χ1n) is 9.75. The Balaban J connectivity index is 1.74. The van der Waals surface area contributed by atoms with Crippen LogP contribution in [0.3, 0.4) is 0 Å². The molecule has 0 saturated carbocycles. The average Bonchev–Trinajstić information content (AvgIpc) is 3.30. The first-order valence-corrected chi connectivity index (χ1v) is 13.0. The van der Waals surface area contributed by atoms with Crippen LogP contribution in [0.25, 0.3) is 15.9 Å². The third-order valence-corrected chi connectivity index (χ3v) is 7.31. The number of carbonyl (C=O) groups is 1. The molecule has 1 amide bonds. The number of nitrogens with zero attached hydrogens (tertiary/aromatic N) is 1. The summed E-state index contributed by atoms with van der Waals surface area (Å²) in [5, 5.41) is 2.25. The van der Waals surface area contributed by atoms with Gasteiger partial charge in [-0.05, 0) is 36.1 Å². The lowest BCUT2D eigenvalue weighted by atomic mass is 10.1. The number of primary amides is 1. The number of carbonyl (C=O) groups excluding carboxylic acids is 1. The SMILES string of the molecule is C[C@@H](Oc1cc(-n2ccc3ccc(CS(C)(=O)=O)cc32)sc1C(N)=O)c1ccccc1Cl. The lowest BCUT2D eigenvalue weighted by Crippen LogP contribution is -2.12. The zero-order chi connectivity index (χ0) is 23.0. The molecule has 2 N–H and O–H groups in total. The van der Waals surface area contributed by atoms with Crippen LogP contribution in [0.1, 0.15) is 33.8 Å². The number of thiophene rings is 1. The van der Waals surface area contributed by atoms with E-state index in [-0.39, 0.29) is 5.75 Å². The minimum atomic E-state index is -3.16. The molecular weight excluding hydrogens is 468 g/mol. The predicted octanol–water partition coefficient (Wildman–Crippen LogP) is 5.13. The van der Waals surface area contributed by atoms with Crippen molar-refractivity contribution in [3.05, 3.63) is 81.8 Å². The summed E-state index contributed by atoms with van der Waals surface area (Å²) in [6.07, 6.45) is 2.68. The van der Waals surface area contributed by atoms with Crippen LogP contribution in [0, 0.1) is 0 Å². The van der Waals surface area contributed by atoms with Crippen LogP contribution in [-0.4, -0.2) is 25.1 Å². The van der Waals surface area contributed by atoms with E-state index in [1.807, 2.05) is 54.1 Å². The van der Waals surface area contributed by atoms with E-state index in [2.05, 4.69) is 0 Å². The van der Waals surface area contributed by atoms with Crippen LogP contribution < -0.4 is 10.5 Å². The Kier molecular flexibility index (Phi) is 6.03. The van der Waals surface area contributed by atoms with Crippen LogP contribution >= 0.6 is 22.9 Å². The van der Waals surface area contributed by atoms with Gasteiger partial charge in [0.25, 0.3) is 5.91 Å². The van der Waals surface area contributed by atoms with E-state index in [1.54, 1.807) is 18.2 Å². The van der Waals surface area contributed by atoms with Gasteiger partial charge in [-0.25, -0.2) is 8.42 Å². The molecule has 2 heterocycles. The number of halogens is 1. The summed E-state index contributed by atoms with van der Waals surface area (Å²) in [6, 6.07) is 16.6. The van der Waals surface area contributed by atoms with Crippen LogP contribution in [0.4, 0.5) is 0 Å². The van der Waals surface area contributed by atoms with E-state index < -0.39 is 21.8 Å². The molecule has 166 valence electrons. The van der Waals surface area contributed by atoms with E-state index in [1.165, 1.54) is 17.6 Å². The minimum Gasteiger partial charge on any atom is -0.484 e. The summed E-state index contributed by atoms with van der Waals surface area (Å²) in [6.45, 7) is 1.85. The number of sulfone groups is 1. The Bertz CT molecular complexity index is 1420. The largest absolute Gasteiger partial charge is 0.484 e. The molecule has 0 saturated heterocycles. The summed E-state index contributed by atoms with van der Waals surface area (Å²) in [5.41, 5.74) is 7.94. The molecule has 4 rings (SSSR count). The molecule has 1 atom stereocenters. The van der Waals surface area contributed by atoms with Gasteiger partial charge in [0.1, 0.15) is 21.7 Å². The fourth-order valence-electron chi connectivity index (χ4n) is 3.56. The van der Waals surface area contributed by atoms with Crippen LogP contribution in [0.5, 0.6) is 5.75 Å². The fraction of sp³-hybridized carbons (Fsp3) is 0.174. The van der Waals surface area contributed by atoms with Crippen LogP contribution in [0.15, 0.2) is 60.8 Å².